The van der Waals surface area contributed by atoms with Gasteiger partial charge in [0.25, 0.3) is 0 Å². The Hall–Kier alpha value is -4.12. The van der Waals surface area contributed by atoms with E-state index >= 15 is 0 Å². The van der Waals surface area contributed by atoms with Crippen LogP contribution in [0.3, 0.4) is 0 Å². The van der Waals surface area contributed by atoms with Crippen molar-refractivity contribution in [1.82, 2.24) is 10.2 Å². The number of rotatable bonds is 12. The Labute approximate surface area is 252 Å². The number of sulfonamides is 1. The normalized spacial score (nSPS) is 13.3. The van der Waals surface area contributed by atoms with Crippen LogP contribution in [0, 0.1) is 5.82 Å². The third-order valence-electron chi connectivity index (χ3n) is 6.83. The zero-order chi connectivity index (χ0) is 31.2. The molecular weight excluding hydrogens is 573 g/mol. The highest BCUT2D eigenvalue weighted by atomic mass is 32.2. The van der Waals surface area contributed by atoms with E-state index in [-0.39, 0.29) is 51.0 Å². The lowest BCUT2D eigenvalue weighted by atomic mass is 10.00. The van der Waals surface area contributed by atoms with Crippen LogP contribution in [-0.2, 0) is 32.6 Å². The Kier molecular flexibility index (Phi) is 9.95. The lowest BCUT2D eigenvalue weighted by molar-refractivity contribution is -0.142. The first-order chi connectivity index (χ1) is 20.3. The molecule has 230 valence electrons. The van der Waals surface area contributed by atoms with E-state index in [2.05, 4.69) is 5.32 Å². The maximum absolute atomic E-state index is 13.9. The second-order valence-electron chi connectivity index (χ2n) is 11.6. The summed E-state index contributed by atoms with van der Waals surface area (Å²) in [7, 11) is -3.68. The number of nitrogens with one attached hydrogen (secondary N) is 1. The van der Waals surface area contributed by atoms with E-state index in [0.717, 1.165) is 11.8 Å². The molecule has 3 aromatic carbocycles. The molecule has 1 aliphatic rings. The number of hydrogen-bond acceptors (Lipinski definition) is 6. The van der Waals surface area contributed by atoms with Gasteiger partial charge in [0.05, 0.1) is 11.9 Å². The fourth-order valence-corrected chi connectivity index (χ4v) is 5.79. The predicted octanol–water partition coefficient (Wildman–Crippen LogP) is 4.66. The van der Waals surface area contributed by atoms with E-state index in [1.165, 1.54) is 21.3 Å². The fraction of sp³-hybridized carbons (Fsp3) is 0.375. The van der Waals surface area contributed by atoms with Crippen molar-refractivity contribution in [3.05, 3.63) is 89.7 Å². The highest BCUT2D eigenvalue weighted by Gasteiger charge is 2.32. The third-order valence-corrected chi connectivity index (χ3v) is 8.03. The van der Waals surface area contributed by atoms with E-state index in [1.807, 2.05) is 51.1 Å². The Bertz CT molecular complexity index is 1520. The highest BCUT2D eigenvalue weighted by molar-refractivity contribution is 7.92. The Morgan fingerprint density at radius 3 is 2.28 bits per heavy atom. The molecule has 0 radical (unpaired) electrons. The van der Waals surface area contributed by atoms with E-state index in [1.54, 1.807) is 30.3 Å². The minimum absolute atomic E-state index is 0.0220. The van der Waals surface area contributed by atoms with Gasteiger partial charge in [-0.05, 0) is 62.6 Å². The van der Waals surface area contributed by atoms with E-state index in [9.17, 15) is 22.4 Å². The molecule has 1 atom stereocenters. The van der Waals surface area contributed by atoms with Crippen LogP contribution in [-0.4, -0.2) is 56.3 Å². The fourth-order valence-electron chi connectivity index (χ4n) is 4.84. The molecule has 9 nitrogen and oxygen atoms in total. The summed E-state index contributed by atoms with van der Waals surface area (Å²) in [6.07, 6.45) is 1.54. The van der Waals surface area contributed by atoms with Crippen molar-refractivity contribution in [3.63, 3.8) is 0 Å². The molecule has 11 heteroatoms. The molecule has 0 fully saturated rings. The molecule has 0 aliphatic carbocycles. The Balaban J connectivity index is 1.58. The molecule has 0 saturated heterocycles. The number of fused-ring (bicyclic) bond motifs is 1. The van der Waals surface area contributed by atoms with Crippen molar-refractivity contribution >= 4 is 27.5 Å². The SMILES string of the molecule is CC(C)(C)NC(=O)[C@@H](Cc1ccccc1)N(Cc1ccc(F)cc1)C(=O)CCCN(c1ccc2c(c1)OCO2)S(C)(=O)=O. The smallest absolute Gasteiger partial charge is 0.243 e. The predicted molar refractivity (Wildman–Crippen MR) is 163 cm³/mol. The summed E-state index contributed by atoms with van der Waals surface area (Å²) in [5.74, 6) is -0.0705. The molecule has 4 rings (SSSR count). The molecule has 0 saturated carbocycles. The van der Waals surface area contributed by atoms with Crippen molar-refractivity contribution in [3.8, 4) is 11.5 Å². The van der Waals surface area contributed by atoms with Gasteiger partial charge >= 0.3 is 0 Å². The average molecular weight is 612 g/mol. The number of hydrogen-bond donors (Lipinski definition) is 1. The van der Waals surface area contributed by atoms with Gasteiger partial charge in [0.1, 0.15) is 11.9 Å². The number of benzene rings is 3. The molecule has 0 unspecified atom stereocenters. The molecule has 2 amide bonds. The third kappa shape index (κ3) is 8.93. The number of carbonyl (C=O) groups is 2. The van der Waals surface area contributed by atoms with Gasteiger partial charge in [-0.1, -0.05) is 42.5 Å². The minimum atomic E-state index is -3.68. The minimum Gasteiger partial charge on any atom is -0.454 e. The van der Waals surface area contributed by atoms with Crippen LogP contribution in [0.15, 0.2) is 72.8 Å². The van der Waals surface area contributed by atoms with Crippen molar-refractivity contribution in [2.45, 2.75) is 58.2 Å². The zero-order valence-corrected chi connectivity index (χ0v) is 25.7. The average Bonchev–Trinajstić information content (AvgIpc) is 3.41. The van der Waals surface area contributed by atoms with Gasteiger partial charge in [-0.25, -0.2) is 12.8 Å². The number of nitrogens with zero attached hydrogens (tertiary/aromatic N) is 2. The summed E-state index contributed by atoms with van der Waals surface area (Å²) in [4.78, 5) is 29.1. The topological polar surface area (TPSA) is 105 Å². The molecule has 0 spiro atoms. The first kappa shape index (κ1) is 31.8. The quantitative estimate of drug-likeness (QED) is 0.320. The van der Waals surface area contributed by atoms with Gasteiger partial charge in [-0.3, -0.25) is 13.9 Å². The van der Waals surface area contributed by atoms with Crippen molar-refractivity contribution in [2.75, 3.05) is 23.9 Å². The molecule has 43 heavy (non-hydrogen) atoms. The summed E-state index contributed by atoms with van der Waals surface area (Å²) in [6, 6.07) is 19.2. The standard InChI is InChI=1S/C32H38FN3O6S/c1-32(2,3)34-31(38)27(19-23-9-6-5-7-10-23)35(21-24-12-14-25(33)15-13-24)30(37)11-8-18-36(43(4,39)40)26-16-17-28-29(20-26)42-22-41-28/h5-7,9-10,12-17,20,27H,8,11,18-19,21-22H2,1-4H3,(H,34,38)/t27-/m1/s1. The second kappa shape index (κ2) is 13.5. The van der Waals surface area contributed by atoms with Crippen molar-refractivity contribution in [2.24, 2.45) is 0 Å². The molecule has 1 aliphatic heterocycles. The van der Waals surface area contributed by atoms with Crippen LogP contribution in [0.4, 0.5) is 10.1 Å². The number of halogens is 1. The zero-order valence-electron chi connectivity index (χ0n) is 24.9. The van der Waals surface area contributed by atoms with E-state index in [4.69, 9.17) is 9.47 Å². The van der Waals surface area contributed by atoms with Gasteiger partial charge in [0, 0.05) is 37.5 Å². The molecule has 0 bridgehead atoms. The van der Waals surface area contributed by atoms with Crippen LogP contribution in [0.2, 0.25) is 0 Å². The lowest BCUT2D eigenvalue weighted by Crippen LogP contribution is -2.54. The summed E-state index contributed by atoms with van der Waals surface area (Å²) in [6.45, 7) is 5.77. The first-order valence-corrected chi connectivity index (χ1v) is 15.9. The number of amides is 2. The molecule has 0 aromatic heterocycles. The maximum atomic E-state index is 13.9. The van der Waals surface area contributed by atoms with E-state index < -0.39 is 27.4 Å². The lowest BCUT2D eigenvalue weighted by Gasteiger charge is -2.34. The maximum Gasteiger partial charge on any atom is 0.243 e. The van der Waals surface area contributed by atoms with E-state index in [0.29, 0.717) is 22.7 Å². The van der Waals surface area contributed by atoms with Crippen molar-refractivity contribution in [1.29, 1.82) is 0 Å². The summed E-state index contributed by atoms with van der Waals surface area (Å²) in [5, 5.41) is 3.00. The Morgan fingerprint density at radius 2 is 1.63 bits per heavy atom. The van der Waals surface area contributed by atoms with Crippen LogP contribution < -0.4 is 19.1 Å². The van der Waals surface area contributed by atoms with Crippen LogP contribution in [0.5, 0.6) is 11.5 Å². The van der Waals surface area contributed by atoms with Gasteiger partial charge in [0.2, 0.25) is 28.6 Å². The molecule has 1 N–H and O–H groups in total. The Morgan fingerprint density at radius 1 is 0.953 bits per heavy atom. The number of ether oxygens (including phenoxy) is 2. The largest absolute Gasteiger partial charge is 0.454 e. The number of anilines is 1. The number of carbonyl (C=O) groups excluding carboxylic acids is 2. The second-order valence-corrected chi connectivity index (χ2v) is 13.5. The molecule has 1 heterocycles. The monoisotopic (exact) mass is 611 g/mol. The van der Waals surface area contributed by atoms with Gasteiger partial charge < -0.3 is 19.7 Å². The summed E-state index contributed by atoms with van der Waals surface area (Å²) < 4.78 is 51.1. The van der Waals surface area contributed by atoms with Gasteiger partial charge in [-0.2, -0.15) is 0 Å². The first-order valence-electron chi connectivity index (χ1n) is 14.1. The van der Waals surface area contributed by atoms with Gasteiger partial charge in [-0.15, -0.1) is 0 Å². The summed E-state index contributed by atoms with van der Waals surface area (Å²) >= 11 is 0. The van der Waals surface area contributed by atoms with Gasteiger partial charge in [0.15, 0.2) is 11.5 Å². The molecule has 3 aromatic rings. The summed E-state index contributed by atoms with van der Waals surface area (Å²) in [5.41, 5.74) is 1.39. The highest BCUT2D eigenvalue weighted by Crippen LogP contribution is 2.36. The van der Waals surface area contributed by atoms with Crippen molar-refractivity contribution < 1.29 is 31.9 Å². The van der Waals surface area contributed by atoms with Crippen LogP contribution >= 0.6 is 0 Å². The molecular formula is C32H38FN3O6S. The van der Waals surface area contributed by atoms with Crippen LogP contribution in [0.1, 0.15) is 44.7 Å². The van der Waals surface area contributed by atoms with Crippen LogP contribution in [0.25, 0.3) is 0 Å².